The number of carbonyl (C=O) groups is 1. The van der Waals surface area contributed by atoms with Crippen molar-refractivity contribution in [3.05, 3.63) is 35.4 Å². The number of nitrogens with one attached hydrogen (secondary N) is 2. The Bertz CT molecular complexity index is 529. The van der Waals surface area contributed by atoms with Gasteiger partial charge in [-0.05, 0) is 44.2 Å². The number of piperidine rings is 1. The van der Waals surface area contributed by atoms with Gasteiger partial charge in [0.05, 0.1) is 12.0 Å². The van der Waals surface area contributed by atoms with Gasteiger partial charge < -0.3 is 15.4 Å². The first-order valence-electron chi connectivity index (χ1n) is 8.84. The fraction of sp³-hybridized carbons (Fsp3) is 0.632. The molecule has 0 aliphatic carbocycles. The summed E-state index contributed by atoms with van der Waals surface area (Å²) in [6.07, 6.45) is 2.86. The molecule has 4 nitrogen and oxygen atoms in total. The Labute approximate surface area is 139 Å². The molecule has 2 N–H and O–H groups in total. The minimum absolute atomic E-state index is 0.0828. The molecule has 0 saturated carbocycles. The lowest BCUT2D eigenvalue weighted by Gasteiger charge is -2.35. The molecule has 2 fully saturated rings. The molecule has 0 radical (unpaired) electrons. The van der Waals surface area contributed by atoms with Crippen molar-refractivity contribution in [3.8, 4) is 0 Å². The fourth-order valence-electron chi connectivity index (χ4n) is 3.61. The number of hydrogen-bond donors (Lipinski definition) is 2. The van der Waals surface area contributed by atoms with Gasteiger partial charge in [0, 0.05) is 19.2 Å². The van der Waals surface area contributed by atoms with Gasteiger partial charge in [0.2, 0.25) is 5.91 Å². The van der Waals surface area contributed by atoms with Crippen molar-refractivity contribution >= 4 is 5.91 Å². The molecule has 2 aliphatic heterocycles. The van der Waals surface area contributed by atoms with E-state index in [1.165, 1.54) is 5.56 Å². The Morgan fingerprint density at radius 3 is 2.78 bits per heavy atom. The van der Waals surface area contributed by atoms with E-state index in [-0.39, 0.29) is 24.0 Å². The smallest absolute Gasteiger partial charge is 0.226 e. The third-order valence-electron chi connectivity index (χ3n) is 5.22. The molecular weight excluding hydrogens is 288 g/mol. The molecule has 4 atom stereocenters. The fourth-order valence-corrected chi connectivity index (χ4v) is 3.61. The lowest BCUT2D eigenvalue weighted by atomic mass is 9.87. The van der Waals surface area contributed by atoms with Crippen molar-refractivity contribution in [1.82, 2.24) is 10.6 Å². The van der Waals surface area contributed by atoms with Crippen LogP contribution in [-0.4, -0.2) is 31.6 Å². The van der Waals surface area contributed by atoms with Gasteiger partial charge in [-0.25, -0.2) is 0 Å². The molecule has 2 aliphatic rings. The molecule has 23 heavy (non-hydrogen) atoms. The second kappa shape index (κ2) is 7.45. The van der Waals surface area contributed by atoms with Crippen molar-refractivity contribution < 1.29 is 9.53 Å². The van der Waals surface area contributed by atoms with Gasteiger partial charge in [-0.1, -0.05) is 36.8 Å². The van der Waals surface area contributed by atoms with E-state index < -0.39 is 0 Å². The zero-order chi connectivity index (χ0) is 16.2. The van der Waals surface area contributed by atoms with Crippen LogP contribution in [0.5, 0.6) is 0 Å². The Morgan fingerprint density at radius 1 is 1.26 bits per heavy atom. The first-order valence-corrected chi connectivity index (χ1v) is 8.84. The first-order chi connectivity index (χ1) is 11.1. The van der Waals surface area contributed by atoms with Gasteiger partial charge in [0.1, 0.15) is 0 Å². The summed E-state index contributed by atoms with van der Waals surface area (Å²) >= 11 is 0. The second-order valence-electron chi connectivity index (χ2n) is 7.04. The first kappa shape index (κ1) is 16.5. The highest BCUT2D eigenvalue weighted by molar-refractivity contribution is 5.80. The molecule has 3 rings (SSSR count). The summed E-state index contributed by atoms with van der Waals surface area (Å²) in [4.78, 5) is 12.8. The van der Waals surface area contributed by atoms with Gasteiger partial charge in [0.15, 0.2) is 0 Å². The summed E-state index contributed by atoms with van der Waals surface area (Å²) in [6, 6.07) is 8.61. The summed E-state index contributed by atoms with van der Waals surface area (Å²) < 4.78 is 5.98. The van der Waals surface area contributed by atoms with Gasteiger partial charge >= 0.3 is 0 Å². The minimum Gasteiger partial charge on any atom is -0.373 e. The van der Waals surface area contributed by atoms with E-state index in [0.717, 1.165) is 44.5 Å². The highest BCUT2D eigenvalue weighted by atomic mass is 16.5. The van der Waals surface area contributed by atoms with Gasteiger partial charge in [-0.15, -0.1) is 0 Å². The van der Waals surface area contributed by atoms with E-state index >= 15 is 0 Å². The van der Waals surface area contributed by atoms with Crippen molar-refractivity contribution in [2.75, 3.05) is 19.7 Å². The monoisotopic (exact) mass is 316 g/mol. The molecule has 1 aromatic carbocycles. The third kappa shape index (κ3) is 3.93. The van der Waals surface area contributed by atoms with E-state index in [0.29, 0.717) is 5.92 Å². The molecule has 1 aromatic rings. The van der Waals surface area contributed by atoms with Crippen LogP contribution in [0.15, 0.2) is 24.3 Å². The van der Waals surface area contributed by atoms with Crippen LogP contribution in [0, 0.1) is 18.8 Å². The van der Waals surface area contributed by atoms with Crippen LogP contribution < -0.4 is 10.6 Å². The molecule has 0 bridgehead atoms. The van der Waals surface area contributed by atoms with Crippen molar-refractivity contribution in [2.45, 2.75) is 45.3 Å². The summed E-state index contributed by atoms with van der Waals surface area (Å²) in [5.41, 5.74) is 2.35. The van der Waals surface area contributed by atoms with Gasteiger partial charge in [-0.3, -0.25) is 4.79 Å². The maximum atomic E-state index is 12.8. The minimum atomic E-state index is -0.115. The average molecular weight is 316 g/mol. The zero-order valence-corrected chi connectivity index (χ0v) is 14.2. The molecule has 4 heteroatoms. The predicted molar refractivity (Wildman–Crippen MR) is 91.2 cm³/mol. The zero-order valence-electron chi connectivity index (χ0n) is 14.2. The maximum Gasteiger partial charge on any atom is 0.226 e. The standard InChI is InChI=1S/C19H28N2O2/c1-13-5-7-15(8-6-13)18-16(4-3-11-23-18)19(22)21-17-12-20-10-9-14(17)2/h5-8,14,16-18,20H,3-4,9-12H2,1-2H3,(H,21,22). The van der Waals surface area contributed by atoms with Crippen molar-refractivity contribution in [2.24, 2.45) is 11.8 Å². The number of carbonyl (C=O) groups excluding carboxylic acids is 1. The predicted octanol–water partition coefficient (Wildman–Crippen LogP) is 2.58. The number of rotatable bonds is 3. The van der Waals surface area contributed by atoms with Crippen LogP contribution >= 0.6 is 0 Å². The van der Waals surface area contributed by atoms with E-state index in [1.54, 1.807) is 0 Å². The molecule has 0 spiro atoms. The average Bonchev–Trinajstić information content (AvgIpc) is 2.58. The SMILES string of the molecule is Cc1ccc(C2OCCCC2C(=O)NC2CNCCC2C)cc1. The summed E-state index contributed by atoms with van der Waals surface area (Å²) in [5, 5.41) is 6.64. The topological polar surface area (TPSA) is 50.4 Å². The Balaban J connectivity index is 1.70. The van der Waals surface area contributed by atoms with Crippen LogP contribution in [0.4, 0.5) is 0 Å². The number of ether oxygens (including phenoxy) is 1. The van der Waals surface area contributed by atoms with Crippen LogP contribution in [0.1, 0.15) is 43.4 Å². The molecule has 2 heterocycles. The van der Waals surface area contributed by atoms with Crippen LogP contribution in [-0.2, 0) is 9.53 Å². The van der Waals surface area contributed by atoms with Crippen LogP contribution in [0.2, 0.25) is 0 Å². The van der Waals surface area contributed by atoms with E-state index in [1.807, 2.05) is 0 Å². The number of benzene rings is 1. The van der Waals surface area contributed by atoms with Crippen LogP contribution in [0.25, 0.3) is 0 Å². The number of hydrogen-bond acceptors (Lipinski definition) is 3. The molecule has 0 aromatic heterocycles. The second-order valence-corrected chi connectivity index (χ2v) is 7.04. The quantitative estimate of drug-likeness (QED) is 0.901. The van der Waals surface area contributed by atoms with Gasteiger partial charge in [0.25, 0.3) is 0 Å². The number of amides is 1. The van der Waals surface area contributed by atoms with Crippen molar-refractivity contribution in [1.29, 1.82) is 0 Å². The summed E-state index contributed by atoms with van der Waals surface area (Å²) in [6.45, 7) is 6.96. The van der Waals surface area contributed by atoms with E-state index in [9.17, 15) is 4.79 Å². The Hall–Kier alpha value is -1.39. The molecule has 2 saturated heterocycles. The Kier molecular flexibility index (Phi) is 5.34. The lowest BCUT2D eigenvalue weighted by molar-refractivity contribution is -0.136. The normalized spacial score (nSPS) is 31.6. The molecule has 1 amide bonds. The summed E-state index contributed by atoms with van der Waals surface area (Å²) in [5.74, 6) is 0.596. The highest BCUT2D eigenvalue weighted by Gasteiger charge is 2.35. The molecule has 4 unspecified atom stereocenters. The largest absolute Gasteiger partial charge is 0.373 e. The van der Waals surface area contributed by atoms with Gasteiger partial charge in [-0.2, -0.15) is 0 Å². The number of aryl methyl sites for hydroxylation is 1. The highest BCUT2D eigenvalue weighted by Crippen LogP contribution is 2.34. The van der Waals surface area contributed by atoms with E-state index in [4.69, 9.17) is 4.74 Å². The van der Waals surface area contributed by atoms with E-state index in [2.05, 4.69) is 48.7 Å². The molecular formula is C19H28N2O2. The maximum absolute atomic E-state index is 12.8. The van der Waals surface area contributed by atoms with Crippen molar-refractivity contribution in [3.63, 3.8) is 0 Å². The third-order valence-corrected chi connectivity index (χ3v) is 5.22. The lowest BCUT2D eigenvalue weighted by Crippen LogP contribution is -2.52. The van der Waals surface area contributed by atoms with Crippen LogP contribution in [0.3, 0.4) is 0 Å². The Morgan fingerprint density at radius 2 is 2.04 bits per heavy atom. The summed E-state index contributed by atoms with van der Waals surface area (Å²) in [7, 11) is 0. The molecule has 126 valence electrons.